The molecule has 0 bridgehead atoms. The summed E-state index contributed by atoms with van der Waals surface area (Å²) in [5.74, 6) is 0.259. The molecule has 32 heavy (non-hydrogen) atoms. The van der Waals surface area contributed by atoms with E-state index in [2.05, 4.69) is 9.97 Å². The van der Waals surface area contributed by atoms with Gasteiger partial charge in [-0.3, -0.25) is 9.59 Å². The van der Waals surface area contributed by atoms with E-state index in [-0.39, 0.29) is 11.9 Å². The first kappa shape index (κ1) is 22.1. The van der Waals surface area contributed by atoms with E-state index in [0.29, 0.717) is 55.4 Å². The highest BCUT2D eigenvalue weighted by Crippen LogP contribution is 2.37. The normalized spacial score (nSPS) is 18.4. The molecule has 4 rings (SSSR count). The fourth-order valence-corrected chi connectivity index (χ4v) is 4.68. The molecule has 7 heteroatoms. The summed E-state index contributed by atoms with van der Waals surface area (Å²) in [7, 11) is 0. The molecule has 2 heterocycles. The van der Waals surface area contributed by atoms with Gasteiger partial charge in [-0.15, -0.1) is 0 Å². The van der Waals surface area contributed by atoms with Gasteiger partial charge < -0.3 is 14.6 Å². The SMILES string of the molecule is CCOC(=O)[C@]1(Cc2cccc(Cl)c2)CCCN(C(=O)c2ccccc2-c2ncc[nH]2)C1. The molecule has 1 aromatic heterocycles. The Kier molecular flexibility index (Phi) is 6.61. The van der Waals surface area contributed by atoms with Crippen molar-refractivity contribution < 1.29 is 14.3 Å². The van der Waals surface area contributed by atoms with Gasteiger partial charge in [-0.1, -0.05) is 41.9 Å². The van der Waals surface area contributed by atoms with Crippen molar-refractivity contribution in [1.29, 1.82) is 0 Å². The van der Waals surface area contributed by atoms with Gasteiger partial charge in [0.1, 0.15) is 5.82 Å². The molecule has 1 aliphatic rings. The Balaban J connectivity index is 1.65. The molecule has 0 saturated carbocycles. The third-order valence-electron chi connectivity index (χ3n) is 5.91. The highest BCUT2D eigenvalue weighted by molar-refractivity contribution is 6.30. The number of H-pyrrole nitrogens is 1. The predicted octanol–water partition coefficient (Wildman–Crippen LogP) is 4.76. The van der Waals surface area contributed by atoms with Gasteiger partial charge in [0.25, 0.3) is 5.91 Å². The number of likely N-dealkylation sites (tertiary alicyclic amines) is 1. The van der Waals surface area contributed by atoms with Crippen LogP contribution in [0.5, 0.6) is 0 Å². The first-order valence-corrected chi connectivity index (χ1v) is 11.2. The summed E-state index contributed by atoms with van der Waals surface area (Å²) in [4.78, 5) is 35.9. The summed E-state index contributed by atoms with van der Waals surface area (Å²) in [5.41, 5.74) is 1.44. The number of imidazole rings is 1. The Bertz CT molecular complexity index is 1100. The van der Waals surface area contributed by atoms with Gasteiger partial charge >= 0.3 is 5.97 Å². The molecule has 1 saturated heterocycles. The van der Waals surface area contributed by atoms with E-state index in [4.69, 9.17) is 16.3 Å². The van der Waals surface area contributed by atoms with Crippen LogP contribution in [0.1, 0.15) is 35.7 Å². The van der Waals surface area contributed by atoms with E-state index in [9.17, 15) is 9.59 Å². The van der Waals surface area contributed by atoms with Gasteiger partial charge in [0.15, 0.2) is 0 Å². The number of aromatic amines is 1. The number of esters is 1. The van der Waals surface area contributed by atoms with E-state index in [1.165, 1.54) is 0 Å². The summed E-state index contributed by atoms with van der Waals surface area (Å²) >= 11 is 6.18. The highest BCUT2D eigenvalue weighted by atomic mass is 35.5. The van der Waals surface area contributed by atoms with Crippen molar-refractivity contribution in [3.63, 3.8) is 0 Å². The topological polar surface area (TPSA) is 75.3 Å². The number of piperidine rings is 1. The molecular formula is C25H26ClN3O3. The average molecular weight is 452 g/mol. The van der Waals surface area contributed by atoms with Gasteiger partial charge in [-0.2, -0.15) is 0 Å². The van der Waals surface area contributed by atoms with Crippen LogP contribution in [0.15, 0.2) is 60.9 Å². The van der Waals surface area contributed by atoms with Crippen molar-refractivity contribution in [3.8, 4) is 11.4 Å². The zero-order valence-electron chi connectivity index (χ0n) is 18.0. The summed E-state index contributed by atoms with van der Waals surface area (Å²) in [6, 6.07) is 14.9. The van der Waals surface area contributed by atoms with Crippen LogP contribution in [-0.4, -0.2) is 46.4 Å². The van der Waals surface area contributed by atoms with Gasteiger partial charge in [0.2, 0.25) is 0 Å². The van der Waals surface area contributed by atoms with Crippen molar-refractivity contribution in [2.75, 3.05) is 19.7 Å². The van der Waals surface area contributed by atoms with Gasteiger partial charge in [0, 0.05) is 36.1 Å². The lowest BCUT2D eigenvalue weighted by Crippen LogP contribution is -2.51. The standard InChI is InChI=1S/C25H26ClN3O3/c1-2-32-24(31)25(16-18-7-5-8-19(26)15-18)11-6-14-29(17-25)23(30)21-10-4-3-9-20(21)22-27-12-13-28-22/h3-5,7-10,12-13,15H,2,6,11,14,16-17H2,1H3,(H,27,28)/t25-/m0/s1. The summed E-state index contributed by atoms with van der Waals surface area (Å²) < 4.78 is 5.48. The predicted molar refractivity (Wildman–Crippen MR) is 123 cm³/mol. The van der Waals surface area contributed by atoms with Crippen molar-refractivity contribution in [2.24, 2.45) is 5.41 Å². The molecule has 1 atom stereocenters. The molecule has 1 aliphatic heterocycles. The van der Waals surface area contributed by atoms with Crippen LogP contribution in [0, 0.1) is 5.41 Å². The van der Waals surface area contributed by atoms with Crippen LogP contribution >= 0.6 is 11.6 Å². The van der Waals surface area contributed by atoms with Gasteiger partial charge in [0.05, 0.1) is 17.6 Å². The van der Waals surface area contributed by atoms with Gasteiger partial charge in [-0.25, -0.2) is 4.98 Å². The van der Waals surface area contributed by atoms with Crippen LogP contribution in [0.2, 0.25) is 5.02 Å². The van der Waals surface area contributed by atoms with E-state index in [0.717, 1.165) is 11.1 Å². The molecule has 1 fully saturated rings. The number of amides is 1. The molecule has 1 N–H and O–H groups in total. The van der Waals surface area contributed by atoms with Crippen LogP contribution < -0.4 is 0 Å². The number of carbonyl (C=O) groups excluding carboxylic acids is 2. The fraction of sp³-hybridized carbons (Fsp3) is 0.320. The number of aromatic nitrogens is 2. The molecular weight excluding hydrogens is 426 g/mol. The number of nitrogens with zero attached hydrogens (tertiary/aromatic N) is 2. The molecule has 0 aliphatic carbocycles. The number of ether oxygens (including phenoxy) is 1. The third kappa shape index (κ3) is 4.55. The number of hydrogen-bond donors (Lipinski definition) is 1. The summed E-state index contributed by atoms with van der Waals surface area (Å²) in [5, 5.41) is 0.623. The van der Waals surface area contributed by atoms with E-state index in [1.807, 2.05) is 42.5 Å². The van der Waals surface area contributed by atoms with Crippen LogP contribution in [0.25, 0.3) is 11.4 Å². The monoisotopic (exact) mass is 451 g/mol. The lowest BCUT2D eigenvalue weighted by Gasteiger charge is -2.41. The highest BCUT2D eigenvalue weighted by Gasteiger charge is 2.45. The lowest BCUT2D eigenvalue weighted by molar-refractivity contribution is -0.158. The molecule has 0 spiro atoms. The number of hydrogen-bond acceptors (Lipinski definition) is 4. The number of rotatable bonds is 6. The zero-order valence-corrected chi connectivity index (χ0v) is 18.8. The van der Waals surface area contributed by atoms with E-state index >= 15 is 0 Å². The smallest absolute Gasteiger partial charge is 0.314 e. The van der Waals surface area contributed by atoms with Crippen molar-refractivity contribution >= 4 is 23.5 Å². The minimum atomic E-state index is -0.811. The largest absolute Gasteiger partial charge is 0.466 e. The minimum absolute atomic E-state index is 0.114. The Hall–Kier alpha value is -3.12. The molecule has 1 amide bonds. The average Bonchev–Trinajstić information content (AvgIpc) is 3.34. The Morgan fingerprint density at radius 2 is 2.06 bits per heavy atom. The summed E-state index contributed by atoms with van der Waals surface area (Å²) in [6.07, 6.45) is 5.23. The molecule has 3 aromatic rings. The quantitative estimate of drug-likeness (QED) is 0.548. The molecule has 2 aromatic carbocycles. The number of halogens is 1. The first-order valence-electron chi connectivity index (χ1n) is 10.8. The van der Waals surface area contributed by atoms with Crippen LogP contribution in [0.3, 0.4) is 0 Å². The van der Waals surface area contributed by atoms with Crippen molar-refractivity contribution in [2.45, 2.75) is 26.2 Å². The maximum absolute atomic E-state index is 13.6. The zero-order chi connectivity index (χ0) is 22.6. The Labute approximate surface area is 192 Å². The maximum atomic E-state index is 13.6. The van der Waals surface area contributed by atoms with Gasteiger partial charge in [-0.05, 0) is 49.9 Å². The van der Waals surface area contributed by atoms with Crippen LogP contribution in [-0.2, 0) is 16.0 Å². The third-order valence-corrected chi connectivity index (χ3v) is 6.15. The lowest BCUT2D eigenvalue weighted by atomic mass is 9.75. The van der Waals surface area contributed by atoms with E-state index in [1.54, 1.807) is 30.3 Å². The van der Waals surface area contributed by atoms with Crippen molar-refractivity contribution in [1.82, 2.24) is 14.9 Å². The number of nitrogens with one attached hydrogen (secondary N) is 1. The molecule has 166 valence electrons. The molecule has 0 radical (unpaired) electrons. The minimum Gasteiger partial charge on any atom is -0.466 e. The van der Waals surface area contributed by atoms with Crippen molar-refractivity contribution in [3.05, 3.63) is 77.1 Å². The first-order chi connectivity index (χ1) is 15.5. The Morgan fingerprint density at radius 1 is 1.22 bits per heavy atom. The fourth-order valence-electron chi connectivity index (χ4n) is 4.47. The Morgan fingerprint density at radius 3 is 2.81 bits per heavy atom. The molecule has 6 nitrogen and oxygen atoms in total. The summed E-state index contributed by atoms with van der Waals surface area (Å²) in [6.45, 7) is 2.98. The second kappa shape index (κ2) is 9.57. The van der Waals surface area contributed by atoms with Crippen LogP contribution in [0.4, 0.5) is 0 Å². The second-order valence-corrected chi connectivity index (χ2v) is 8.56. The maximum Gasteiger partial charge on any atom is 0.314 e. The second-order valence-electron chi connectivity index (χ2n) is 8.12. The number of carbonyl (C=O) groups is 2. The molecule has 0 unspecified atom stereocenters. The van der Waals surface area contributed by atoms with E-state index < -0.39 is 5.41 Å². The number of benzene rings is 2.